The predicted octanol–water partition coefficient (Wildman–Crippen LogP) is 1.43. The number of anilines is 2. The van der Waals surface area contributed by atoms with Crippen molar-refractivity contribution in [2.45, 2.75) is 19.3 Å². The van der Waals surface area contributed by atoms with E-state index in [1.54, 1.807) is 24.1 Å². The van der Waals surface area contributed by atoms with Crippen LogP contribution in [0.15, 0.2) is 12.4 Å². The highest BCUT2D eigenvalue weighted by molar-refractivity contribution is 5.39. The first-order valence-electron chi connectivity index (χ1n) is 7.10. The molecule has 0 radical (unpaired) electrons. The Balaban J connectivity index is 1.85. The van der Waals surface area contributed by atoms with Crippen molar-refractivity contribution in [3.63, 3.8) is 0 Å². The molecule has 0 aliphatic carbocycles. The van der Waals surface area contributed by atoms with Gasteiger partial charge in [-0.05, 0) is 19.3 Å². The fourth-order valence-electron chi connectivity index (χ4n) is 2.30. The van der Waals surface area contributed by atoms with Gasteiger partial charge in [0.15, 0.2) is 5.75 Å². The molecule has 112 valence electrons. The summed E-state index contributed by atoms with van der Waals surface area (Å²) in [4.78, 5) is 15.2. The third-order valence-electron chi connectivity index (χ3n) is 3.36. The highest BCUT2D eigenvalue weighted by atomic mass is 16.5. The van der Waals surface area contributed by atoms with Crippen LogP contribution in [0.25, 0.3) is 0 Å². The van der Waals surface area contributed by atoms with Crippen molar-refractivity contribution < 1.29 is 4.74 Å². The fraction of sp³-hybridized carbons (Fsp3) is 0.538. The van der Waals surface area contributed by atoms with Crippen molar-refractivity contribution in [2.75, 3.05) is 30.4 Å². The van der Waals surface area contributed by atoms with Gasteiger partial charge in [0, 0.05) is 27.2 Å². The van der Waals surface area contributed by atoms with Gasteiger partial charge in [-0.3, -0.25) is 4.68 Å². The number of hydrogen-bond donors (Lipinski definition) is 1. The van der Waals surface area contributed by atoms with E-state index in [-0.39, 0.29) is 6.01 Å². The lowest BCUT2D eigenvalue weighted by Crippen LogP contribution is -2.31. The second kappa shape index (κ2) is 5.94. The molecule has 0 amide bonds. The van der Waals surface area contributed by atoms with E-state index >= 15 is 0 Å². The molecule has 0 atom stereocenters. The Morgan fingerprint density at radius 2 is 1.95 bits per heavy atom. The number of aromatic nitrogens is 5. The molecule has 0 spiro atoms. The summed E-state index contributed by atoms with van der Waals surface area (Å²) < 4.78 is 7.33. The zero-order valence-corrected chi connectivity index (χ0v) is 12.3. The summed E-state index contributed by atoms with van der Waals surface area (Å²) >= 11 is 0. The standard InChI is InChI=1S/C13H19N7O/c1-14-11-16-12(20-6-4-3-5-7-20)18-13(17-11)21-10-8-15-19(2)9-10/h8-9H,3-7H2,1-2H3,(H,14,16,17,18). The Labute approximate surface area is 123 Å². The van der Waals surface area contributed by atoms with Gasteiger partial charge in [-0.1, -0.05) is 0 Å². The molecule has 0 aromatic carbocycles. The molecule has 1 saturated heterocycles. The number of piperidine rings is 1. The summed E-state index contributed by atoms with van der Waals surface area (Å²) in [5, 5.41) is 7.01. The molecule has 21 heavy (non-hydrogen) atoms. The number of nitrogens with one attached hydrogen (secondary N) is 1. The maximum Gasteiger partial charge on any atom is 0.328 e. The molecular weight excluding hydrogens is 270 g/mol. The summed E-state index contributed by atoms with van der Waals surface area (Å²) in [5.41, 5.74) is 0. The molecule has 0 unspecified atom stereocenters. The highest BCUT2D eigenvalue weighted by Gasteiger charge is 2.17. The number of hydrogen-bond acceptors (Lipinski definition) is 7. The Morgan fingerprint density at radius 1 is 1.14 bits per heavy atom. The summed E-state index contributed by atoms with van der Waals surface area (Å²) in [6, 6.07) is 0.280. The Morgan fingerprint density at radius 3 is 2.62 bits per heavy atom. The molecule has 1 aliphatic rings. The average Bonchev–Trinajstić information content (AvgIpc) is 2.93. The summed E-state index contributed by atoms with van der Waals surface area (Å²) in [5.74, 6) is 1.77. The Hall–Kier alpha value is -2.38. The van der Waals surface area contributed by atoms with Gasteiger partial charge in [-0.25, -0.2) is 0 Å². The van der Waals surface area contributed by atoms with Gasteiger partial charge in [-0.2, -0.15) is 20.1 Å². The normalized spacial score (nSPS) is 15.0. The molecule has 0 saturated carbocycles. The van der Waals surface area contributed by atoms with E-state index in [4.69, 9.17) is 4.74 Å². The molecule has 8 nitrogen and oxygen atoms in total. The Kier molecular flexibility index (Phi) is 3.85. The minimum Gasteiger partial charge on any atom is -0.421 e. The highest BCUT2D eigenvalue weighted by Crippen LogP contribution is 2.22. The van der Waals surface area contributed by atoms with Crippen molar-refractivity contribution in [1.82, 2.24) is 24.7 Å². The molecule has 2 aromatic heterocycles. The van der Waals surface area contributed by atoms with Gasteiger partial charge in [0.25, 0.3) is 0 Å². The van der Waals surface area contributed by atoms with Crippen LogP contribution in [0.3, 0.4) is 0 Å². The third kappa shape index (κ3) is 3.21. The van der Waals surface area contributed by atoms with E-state index in [2.05, 4.69) is 30.3 Å². The van der Waals surface area contributed by atoms with Crippen LogP contribution in [0.2, 0.25) is 0 Å². The SMILES string of the molecule is CNc1nc(Oc2cnn(C)c2)nc(N2CCCCC2)n1. The fourth-order valence-corrected chi connectivity index (χ4v) is 2.30. The van der Waals surface area contributed by atoms with Gasteiger partial charge < -0.3 is 15.0 Å². The molecule has 0 bridgehead atoms. The van der Waals surface area contributed by atoms with Crippen molar-refractivity contribution in [2.24, 2.45) is 7.05 Å². The van der Waals surface area contributed by atoms with Crippen LogP contribution < -0.4 is 15.0 Å². The van der Waals surface area contributed by atoms with Gasteiger partial charge in [0.1, 0.15) is 0 Å². The quantitative estimate of drug-likeness (QED) is 0.911. The lowest BCUT2D eigenvalue weighted by atomic mass is 10.1. The molecule has 3 heterocycles. The molecule has 3 rings (SSSR count). The van der Waals surface area contributed by atoms with Gasteiger partial charge in [-0.15, -0.1) is 0 Å². The van der Waals surface area contributed by atoms with Crippen molar-refractivity contribution in [3.05, 3.63) is 12.4 Å². The van der Waals surface area contributed by atoms with Gasteiger partial charge in [0.05, 0.1) is 12.4 Å². The van der Waals surface area contributed by atoms with Crippen LogP contribution in [0.5, 0.6) is 11.8 Å². The van der Waals surface area contributed by atoms with Gasteiger partial charge in [0.2, 0.25) is 11.9 Å². The Bertz CT molecular complexity index is 606. The van der Waals surface area contributed by atoms with Crippen LogP contribution in [-0.4, -0.2) is 44.9 Å². The monoisotopic (exact) mass is 289 g/mol. The number of rotatable bonds is 4. The van der Waals surface area contributed by atoms with Crippen LogP contribution in [0.4, 0.5) is 11.9 Å². The predicted molar refractivity (Wildman–Crippen MR) is 78.7 cm³/mol. The molecular formula is C13H19N7O. The average molecular weight is 289 g/mol. The van der Waals surface area contributed by atoms with E-state index in [0.29, 0.717) is 17.6 Å². The number of nitrogens with zero attached hydrogens (tertiary/aromatic N) is 6. The zero-order valence-electron chi connectivity index (χ0n) is 12.3. The third-order valence-corrected chi connectivity index (χ3v) is 3.36. The lowest BCUT2D eigenvalue weighted by molar-refractivity contribution is 0.438. The van der Waals surface area contributed by atoms with Crippen molar-refractivity contribution in [3.8, 4) is 11.8 Å². The van der Waals surface area contributed by atoms with E-state index in [1.165, 1.54) is 19.3 Å². The number of aryl methyl sites for hydroxylation is 1. The van der Waals surface area contributed by atoms with Crippen LogP contribution in [0, 0.1) is 0 Å². The molecule has 2 aromatic rings. The molecule has 1 aliphatic heterocycles. The largest absolute Gasteiger partial charge is 0.421 e. The lowest BCUT2D eigenvalue weighted by Gasteiger charge is -2.26. The van der Waals surface area contributed by atoms with Gasteiger partial charge >= 0.3 is 6.01 Å². The molecule has 1 fully saturated rings. The van der Waals surface area contributed by atoms with E-state index in [1.807, 2.05) is 7.05 Å². The summed E-state index contributed by atoms with van der Waals surface area (Å²) in [7, 11) is 3.61. The van der Waals surface area contributed by atoms with Crippen LogP contribution >= 0.6 is 0 Å². The summed E-state index contributed by atoms with van der Waals surface area (Å²) in [6.07, 6.45) is 6.99. The minimum absolute atomic E-state index is 0.280. The molecule has 8 heteroatoms. The summed E-state index contributed by atoms with van der Waals surface area (Å²) in [6.45, 7) is 1.94. The molecule has 1 N–H and O–H groups in total. The topological polar surface area (TPSA) is 81.0 Å². The van der Waals surface area contributed by atoms with E-state index in [9.17, 15) is 0 Å². The minimum atomic E-state index is 0.280. The first kappa shape index (κ1) is 13.6. The van der Waals surface area contributed by atoms with Crippen LogP contribution in [-0.2, 0) is 7.05 Å². The second-order valence-corrected chi connectivity index (χ2v) is 4.99. The van der Waals surface area contributed by atoms with E-state index in [0.717, 1.165) is 13.1 Å². The second-order valence-electron chi connectivity index (χ2n) is 4.99. The van der Waals surface area contributed by atoms with Crippen LogP contribution in [0.1, 0.15) is 19.3 Å². The van der Waals surface area contributed by atoms with Crippen molar-refractivity contribution >= 4 is 11.9 Å². The number of ether oxygens (including phenoxy) is 1. The first-order valence-corrected chi connectivity index (χ1v) is 7.10. The maximum absolute atomic E-state index is 5.66. The zero-order chi connectivity index (χ0) is 14.7. The van der Waals surface area contributed by atoms with Crippen molar-refractivity contribution in [1.29, 1.82) is 0 Å². The maximum atomic E-state index is 5.66. The smallest absolute Gasteiger partial charge is 0.328 e. The van der Waals surface area contributed by atoms with E-state index < -0.39 is 0 Å². The first-order chi connectivity index (χ1) is 10.2.